The van der Waals surface area contributed by atoms with Crippen LogP contribution in [0.15, 0.2) is 11.8 Å². The van der Waals surface area contributed by atoms with Crippen molar-refractivity contribution in [1.82, 2.24) is 0 Å². The number of rotatable bonds is 0. The number of hydrogen-bond donors (Lipinski definition) is 1. The summed E-state index contributed by atoms with van der Waals surface area (Å²) in [5.74, 6) is 0.0974. The molecule has 76 valence electrons. The number of hydrogen-bond acceptors (Lipinski definition) is 4. The van der Waals surface area contributed by atoms with Gasteiger partial charge in [0, 0.05) is 11.8 Å². The van der Waals surface area contributed by atoms with Gasteiger partial charge in [-0.3, -0.25) is 0 Å². The first-order valence-electron chi connectivity index (χ1n) is 4.91. The molecule has 0 amide bonds. The summed E-state index contributed by atoms with van der Waals surface area (Å²) < 4.78 is 10.4. The van der Waals surface area contributed by atoms with E-state index in [1.54, 1.807) is 0 Å². The third kappa shape index (κ3) is 0.798. The van der Waals surface area contributed by atoms with Gasteiger partial charge in [-0.1, -0.05) is 6.92 Å². The van der Waals surface area contributed by atoms with Crippen molar-refractivity contribution >= 4 is 5.97 Å². The second-order valence-corrected chi connectivity index (χ2v) is 4.32. The molecule has 2 heterocycles. The summed E-state index contributed by atoms with van der Waals surface area (Å²) in [6, 6.07) is 0. The van der Waals surface area contributed by atoms with Gasteiger partial charge in [0.15, 0.2) is 0 Å². The molecule has 0 aromatic rings. The molecule has 1 saturated heterocycles. The molecule has 14 heavy (non-hydrogen) atoms. The van der Waals surface area contributed by atoms with Crippen LogP contribution in [0.4, 0.5) is 0 Å². The predicted octanol–water partition coefficient (Wildman–Crippen LogP) is 0.0689. The summed E-state index contributed by atoms with van der Waals surface area (Å²) in [4.78, 5) is 11.4. The van der Waals surface area contributed by atoms with Crippen LogP contribution in [-0.2, 0) is 14.3 Å². The molecule has 1 saturated carbocycles. The SMILES string of the molecule is C[C@H]1[C@H](O)[C@@H]2OC(=O)C3=COC[C@H]1[C@@H]32. The number of esters is 1. The Morgan fingerprint density at radius 1 is 1.57 bits per heavy atom. The highest BCUT2D eigenvalue weighted by Crippen LogP contribution is 2.49. The first kappa shape index (κ1) is 8.29. The third-order valence-electron chi connectivity index (χ3n) is 3.70. The molecule has 5 atom stereocenters. The lowest BCUT2D eigenvalue weighted by Gasteiger charge is -2.24. The van der Waals surface area contributed by atoms with Crippen LogP contribution in [-0.4, -0.2) is 29.9 Å². The van der Waals surface area contributed by atoms with Crippen LogP contribution in [0.5, 0.6) is 0 Å². The fourth-order valence-corrected chi connectivity index (χ4v) is 2.85. The van der Waals surface area contributed by atoms with Crippen LogP contribution >= 0.6 is 0 Å². The molecule has 3 aliphatic rings. The first-order chi connectivity index (χ1) is 6.70. The quantitative estimate of drug-likeness (QED) is 0.557. The standard InChI is InChI=1S/C10H12O4/c1-4-5-2-13-3-6-7(5)9(8(4)11)14-10(6)12/h3-5,7-9,11H,2H2,1H3/t4-,5-,7+,8+,9-/m1/s1. The Morgan fingerprint density at radius 3 is 3.14 bits per heavy atom. The van der Waals surface area contributed by atoms with E-state index in [0.717, 1.165) is 0 Å². The van der Waals surface area contributed by atoms with E-state index >= 15 is 0 Å². The van der Waals surface area contributed by atoms with Crippen LogP contribution in [0.2, 0.25) is 0 Å². The lowest BCUT2D eigenvalue weighted by Crippen LogP contribution is -2.27. The minimum atomic E-state index is -0.540. The number of carbonyl (C=O) groups is 1. The highest BCUT2D eigenvalue weighted by atomic mass is 16.6. The Kier molecular flexibility index (Phi) is 1.49. The zero-order valence-electron chi connectivity index (χ0n) is 7.84. The van der Waals surface area contributed by atoms with Crippen LogP contribution in [0.25, 0.3) is 0 Å². The minimum absolute atomic E-state index is 0.0567. The number of ether oxygens (including phenoxy) is 2. The summed E-state index contributed by atoms with van der Waals surface area (Å²) in [5, 5.41) is 9.87. The second kappa shape index (κ2) is 2.51. The van der Waals surface area contributed by atoms with Crippen LogP contribution in [0.1, 0.15) is 6.92 Å². The van der Waals surface area contributed by atoms with Crippen molar-refractivity contribution in [2.24, 2.45) is 17.8 Å². The normalized spacial score (nSPS) is 49.4. The smallest absolute Gasteiger partial charge is 0.337 e. The highest BCUT2D eigenvalue weighted by Gasteiger charge is 2.58. The van der Waals surface area contributed by atoms with Crippen molar-refractivity contribution in [1.29, 1.82) is 0 Å². The zero-order chi connectivity index (χ0) is 9.87. The molecule has 0 unspecified atom stereocenters. The van der Waals surface area contributed by atoms with Gasteiger partial charge in [-0.2, -0.15) is 0 Å². The number of aliphatic hydroxyl groups is 1. The van der Waals surface area contributed by atoms with Crippen LogP contribution in [0.3, 0.4) is 0 Å². The summed E-state index contributed by atoms with van der Waals surface area (Å²) >= 11 is 0. The van der Waals surface area contributed by atoms with E-state index < -0.39 is 6.10 Å². The number of carbonyl (C=O) groups excluding carboxylic acids is 1. The summed E-state index contributed by atoms with van der Waals surface area (Å²) in [5.41, 5.74) is 0.606. The third-order valence-corrected chi connectivity index (χ3v) is 3.70. The zero-order valence-corrected chi connectivity index (χ0v) is 7.84. The second-order valence-electron chi connectivity index (χ2n) is 4.32. The van der Waals surface area contributed by atoms with Crippen LogP contribution in [0, 0.1) is 17.8 Å². The molecular weight excluding hydrogens is 184 g/mol. The topological polar surface area (TPSA) is 55.8 Å². The highest BCUT2D eigenvalue weighted by molar-refractivity contribution is 5.91. The Bertz CT molecular complexity index is 322. The van der Waals surface area contributed by atoms with Gasteiger partial charge in [0.05, 0.1) is 24.5 Å². The molecule has 0 aromatic heterocycles. The Labute approximate surface area is 81.5 Å². The molecule has 2 fully saturated rings. The van der Waals surface area contributed by atoms with Gasteiger partial charge in [0.25, 0.3) is 0 Å². The molecular formula is C10H12O4. The Balaban J connectivity index is 2.05. The van der Waals surface area contributed by atoms with E-state index in [1.165, 1.54) is 6.26 Å². The maximum atomic E-state index is 11.4. The van der Waals surface area contributed by atoms with Crippen molar-refractivity contribution in [2.45, 2.75) is 19.1 Å². The summed E-state index contributed by atoms with van der Waals surface area (Å²) in [6.07, 6.45) is 0.619. The Morgan fingerprint density at radius 2 is 2.36 bits per heavy atom. The van der Waals surface area contributed by atoms with Crippen LogP contribution < -0.4 is 0 Å². The van der Waals surface area contributed by atoms with Gasteiger partial charge in [0.2, 0.25) is 0 Å². The lowest BCUT2D eigenvalue weighted by molar-refractivity contribution is -0.143. The molecule has 0 bridgehead atoms. The summed E-state index contributed by atoms with van der Waals surface area (Å²) in [7, 11) is 0. The molecule has 1 N–H and O–H groups in total. The van der Waals surface area contributed by atoms with Gasteiger partial charge >= 0.3 is 5.97 Å². The Hall–Kier alpha value is -1.03. The molecule has 0 spiro atoms. The summed E-state index contributed by atoms with van der Waals surface area (Å²) in [6.45, 7) is 2.56. The molecule has 4 nitrogen and oxygen atoms in total. The van der Waals surface area contributed by atoms with Gasteiger partial charge < -0.3 is 14.6 Å². The molecule has 3 rings (SSSR count). The maximum Gasteiger partial charge on any atom is 0.337 e. The van der Waals surface area contributed by atoms with Crippen molar-refractivity contribution in [2.75, 3.05) is 6.61 Å². The fraction of sp³-hybridized carbons (Fsp3) is 0.700. The van der Waals surface area contributed by atoms with Crippen molar-refractivity contribution < 1.29 is 19.4 Å². The monoisotopic (exact) mass is 196 g/mol. The van der Waals surface area contributed by atoms with Gasteiger partial charge in [-0.05, 0) is 5.92 Å². The molecule has 2 aliphatic heterocycles. The van der Waals surface area contributed by atoms with Gasteiger partial charge in [-0.25, -0.2) is 4.79 Å². The van der Waals surface area contributed by atoms with Gasteiger partial charge in [-0.15, -0.1) is 0 Å². The van der Waals surface area contributed by atoms with E-state index in [9.17, 15) is 9.90 Å². The van der Waals surface area contributed by atoms with Crippen molar-refractivity contribution in [3.8, 4) is 0 Å². The molecule has 4 heteroatoms. The van der Waals surface area contributed by atoms with Gasteiger partial charge in [0.1, 0.15) is 6.10 Å². The predicted molar refractivity (Wildman–Crippen MR) is 46.1 cm³/mol. The van der Waals surface area contributed by atoms with Crippen molar-refractivity contribution in [3.63, 3.8) is 0 Å². The van der Waals surface area contributed by atoms with E-state index in [-0.39, 0.29) is 29.8 Å². The lowest BCUT2D eigenvalue weighted by atomic mass is 9.85. The molecule has 0 aromatic carbocycles. The van der Waals surface area contributed by atoms with Crippen molar-refractivity contribution in [3.05, 3.63) is 11.8 Å². The first-order valence-corrected chi connectivity index (χ1v) is 4.91. The minimum Gasteiger partial charge on any atom is -0.500 e. The molecule has 1 aliphatic carbocycles. The number of aliphatic hydroxyl groups excluding tert-OH is 1. The average Bonchev–Trinajstić information content (AvgIpc) is 2.64. The van der Waals surface area contributed by atoms with E-state index in [1.807, 2.05) is 6.92 Å². The average molecular weight is 196 g/mol. The largest absolute Gasteiger partial charge is 0.500 e. The van der Waals surface area contributed by atoms with E-state index in [0.29, 0.717) is 12.2 Å². The molecule has 0 radical (unpaired) electrons. The van der Waals surface area contributed by atoms with E-state index in [2.05, 4.69) is 0 Å². The fourth-order valence-electron chi connectivity index (χ4n) is 2.85. The van der Waals surface area contributed by atoms with E-state index in [4.69, 9.17) is 9.47 Å². The maximum absolute atomic E-state index is 11.4.